The minimum absolute atomic E-state index is 1.25. The standard InChI is InChI=1S/C24H18S/c1-3-11-19(12-4-1)21-15-7-8-16-22(21)23-17-9-10-18-24(23)25-20-13-5-2-6-14-20/h1-18H. The van der Waals surface area contributed by atoms with Crippen LogP contribution >= 0.6 is 11.8 Å². The van der Waals surface area contributed by atoms with Gasteiger partial charge in [-0.25, -0.2) is 0 Å². The van der Waals surface area contributed by atoms with Gasteiger partial charge in [0.05, 0.1) is 0 Å². The minimum Gasteiger partial charge on any atom is -0.0895 e. The van der Waals surface area contributed by atoms with Gasteiger partial charge in [0.1, 0.15) is 0 Å². The van der Waals surface area contributed by atoms with E-state index in [2.05, 4.69) is 109 Å². The Bertz CT molecular complexity index is 959. The molecular formula is C24H18S. The molecule has 4 rings (SSSR count). The molecule has 1 heteroatoms. The third-order valence-electron chi connectivity index (χ3n) is 4.16. The highest BCUT2D eigenvalue weighted by Gasteiger charge is 2.11. The van der Waals surface area contributed by atoms with Crippen molar-refractivity contribution in [2.45, 2.75) is 9.79 Å². The maximum absolute atomic E-state index is 2.22. The first-order valence-corrected chi connectivity index (χ1v) is 9.20. The Balaban J connectivity index is 1.82. The van der Waals surface area contributed by atoms with Crippen molar-refractivity contribution in [3.8, 4) is 22.3 Å². The Kier molecular flexibility index (Phi) is 4.67. The van der Waals surface area contributed by atoms with Crippen molar-refractivity contribution in [2.24, 2.45) is 0 Å². The Morgan fingerprint density at radius 2 is 0.920 bits per heavy atom. The number of hydrogen-bond acceptors (Lipinski definition) is 1. The first kappa shape index (κ1) is 15.7. The molecule has 0 saturated heterocycles. The summed E-state index contributed by atoms with van der Waals surface area (Å²) in [5.74, 6) is 0. The van der Waals surface area contributed by atoms with Gasteiger partial charge >= 0.3 is 0 Å². The van der Waals surface area contributed by atoms with E-state index in [0.717, 1.165) is 0 Å². The molecule has 0 aliphatic rings. The van der Waals surface area contributed by atoms with E-state index in [-0.39, 0.29) is 0 Å². The Hall–Kier alpha value is -2.77. The van der Waals surface area contributed by atoms with Crippen molar-refractivity contribution in [3.05, 3.63) is 109 Å². The molecule has 0 amide bonds. The van der Waals surface area contributed by atoms with Crippen LogP contribution in [0.3, 0.4) is 0 Å². The zero-order valence-electron chi connectivity index (χ0n) is 13.8. The third-order valence-corrected chi connectivity index (χ3v) is 5.24. The van der Waals surface area contributed by atoms with Gasteiger partial charge in [-0.15, -0.1) is 0 Å². The lowest BCUT2D eigenvalue weighted by Crippen LogP contribution is -1.87. The number of rotatable bonds is 4. The van der Waals surface area contributed by atoms with E-state index in [4.69, 9.17) is 0 Å². The van der Waals surface area contributed by atoms with Crippen LogP contribution in [0.1, 0.15) is 0 Å². The molecule has 0 fully saturated rings. The Morgan fingerprint density at radius 3 is 1.64 bits per heavy atom. The maximum atomic E-state index is 2.22. The normalized spacial score (nSPS) is 10.6. The van der Waals surface area contributed by atoms with E-state index in [1.54, 1.807) is 0 Å². The monoisotopic (exact) mass is 338 g/mol. The fraction of sp³-hybridized carbons (Fsp3) is 0. The zero-order chi connectivity index (χ0) is 16.9. The summed E-state index contributed by atoms with van der Waals surface area (Å²) in [6.45, 7) is 0. The summed E-state index contributed by atoms with van der Waals surface area (Å²) < 4.78 is 0. The molecule has 0 aromatic heterocycles. The summed E-state index contributed by atoms with van der Waals surface area (Å²) in [5, 5.41) is 0. The molecule has 0 spiro atoms. The van der Waals surface area contributed by atoms with Gasteiger partial charge in [-0.1, -0.05) is 103 Å². The molecule has 4 aromatic rings. The summed E-state index contributed by atoms with van der Waals surface area (Å²) in [7, 11) is 0. The van der Waals surface area contributed by atoms with Gasteiger partial charge in [-0.2, -0.15) is 0 Å². The van der Waals surface area contributed by atoms with Crippen LogP contribution in [0.25, 0.3) is 22.3 Å². The fourth-order valence-electron chi connectivity index (χ4n) is 2.98. The zero-order valence-corrected chi connectivity index (χ0v) is 14.6. The molecule has 0 radical (unpaired) electrons. The smallest absolute Gasteiger partial charge is 0.0201 e. The first-order valence-electron chi connectivity index (χ1n) is 8.38. The maximum Gasteiger partial charge on any atom is 0.0201 e. The van der Waals surface area contributed by atoms with Crippen molar-refractivity contribution in [3.63, 3.8) is 0 Å². The van der Waals surface area contributed by atoms with E-state index in [9.17, 15) is 0 Å². The van der Waals surface area contributed by atoms with Gasteiger partial charge in [-0.05, 0) is 40.5 Å². The van der Waals surface area contributed by atoms with Gasteiger partial charge in [0, 0.05) is 9.79 Å². The second-order valence-electron chi connectivity index (χ2n) is 5.82. The molecule has 0 bridgehead atoms. The molecule has 0 unspecified atom stereocenters. The van der Waals surface area contributed by atoms with Crippen LogP contribution in [0.2, 0.25) is 0 Å². The van der Waals surface area contributed by atoms with Crippen LogP contribution in [0.5, 0.6) is 0 Å². The summed E-state index contributed by atoms with van der Waals surface area (Å²) in [6.07, 6.45) is 0. The molecule has 0 aliphatic heterocycles. The molecule has 4 aromatic carbocycles. The van der Waals surface area contributed by atoms with Crippen LogP contribution < -0.4 is 0 Å². The highest BCUT2D eigenvalue weighted by atomic mass is 32.2. The second-order valence-corrected chi connectivity index (χ2v) is 6.94. The van der Waals surface area contributed by atoms with Crippen LogP contribution in [0.4, 0.5) is 0 Å². The predicted octanol–water partition coefficient (Wildman–Crippen LogP) is 7.17. The topological polar surface area (TPSA) is 0 Å². The molecule has 0 heterocycles. The van der Waals surface area contributed by atoms with Gasteiger partial charge in [0.15, 0.2) is 0 Å². The molecule has 0 saturated carbocycles. The molecule has 120 valence electrons. The average Bonchev–Trinajstić information content (AvgIpc) is 2.70. The van der Waals surface area contributed by atoms with Crippen LogP contribution in [-0.4, -0.2) is 0 Å². The summed E-state index contributed by atoms with van der Waals surface area (Å²) >= 11 is 1.81. The highest BCUT2D eigenvalue weighted by Crippen LogP contribution is 2.39. The number of benzene rings is 4. The van der Waals surface area contributed by atoms with Crippen LogP contribution in [0.15, 0.2) is 119 Å². The van der Waals surface area contributed by atoms with Gasteiger partial charge in [-0.3, -0.25) is 0 Å². The first-order chi connectivity index (χ1) is 12.4. The summed E-state index contributed by atoms with van der Waals surface area (Å²) in [6, 6.07) is 38.4. The van der Waals surface area contributed by atoms with Gasteiger partial charge in [0.25, 0.3) is 0 Å². The number of hydrogen-bond donors (Lipinski definition) is 0. The van der Waals surface area contributed by atoms with Crippen molar-refractivity contribution >= 4 is 11.8 Å². The van der Waals surface area contributed by atoms with Gasteiger partial charge < -0.3 is 0 Å². The lowest BCUT2D eigenvalue weighted by atomic mass is 9.95. The van der Waals surface area contributed by atoms with Gasteiger partial charge in [0.2, 0.25) is 0 Å². The third kappa shape index (κ3) is 3.52. The largest absolute Gasteiger partial charge is 0.0895 e. The molecule has 0 nitrogen and oxygen atoms in total. The van der Waals surface area contributed by atoms with E-state index in [0.29, 0.717) is 0 Å². The highest BCUT2D eigenvalue weighted by molar-refractivity contribution is 7.99. The lowest BCUT2D eigenvalue weighted by Gasteiger charge is -2.14. The Labute approximate surface area is 153 Å². The molecule has 0 atom stereocenters. The average molecular weight is 338 g/mol. The van der Waals surface area contributed by atoms with E-state index in [1.165, 1.54) is 32.0 Å². The van der Waals surface area contributed by atoms with Crippen molar-refractivity contribution in [2.75, 3.05) is 0 Å². The second kappa shape index (κ2) is 7.42. The summed E-state index contributed by atoms with van der Waals surface area (Å²) in [5.41, 5.74) is 5.06. The van der Waals surface area contributed by atoms with E-state index in [1.807, 2.05) is 11.8 Å². The molecule has 0 aliphatic carbocycles. The fourth-order valence-corrected chi connectivity index (χ4v) is 3.96. The minimum atomic E-state index is 1.25. The lowest BCUT2D eigenvalue weighted by molar-refractivity contribution is 1.40. The van der Waals surface area contributed by atoms with E-state index < -0.39 is 0 Å². The van der Waals surface area contributed by atoms with E-state index >= 15 is 0 Å². The molecule has 25 heavy (non-hydrogen) atoms. The van der Waals surface area contributed by atoms with Crippen molar-refractivity contribution in [1.82, 2.24) is 0 Å². The predicted molar refractivity (Wildman–Crippen MR) is 108 cm³/mol. The molecule has 0 N–H and O–H groups in total. The van der Waals surface area contributed by atoms with Crippen LogP contribution in [0, 0.1) is 0 Å². The SMILES string of the molecule is c1ccc(Sc2ccccc2-c2ccccc2-c2ccccc2)cc1. The van der Waals surface area contributed by atoms with Crippen LogP contribution in [-0.2, 0) is 0 Å². The Morgan fingerprint density at radius 1 is 0.400 bits per heavy atom. The quantitative estimate of drug-likeness (QED) is 0.380. The van der Waals surface area contributed by atoms with Crippen molar-refractivity contribution in [1.29, 1.82) is 0 Å². The van der Waals surface area contributed by atoms with Crippen molar-refractivity contribution < 1.29 is 0 Å². The summed E-state index contributed by atoms with van der Waals surface area (Å²) in [4.78, 5) is 2.53. The molecular weight excluding hydrogens is 320 g/mol.